The fraction of sp³-hybridized carbons (Fsp3) is 0.438. The highest BCUT2D eigenvalue weighted by molar-refractivity contribution is 6.31. The molecular formula is C16H21ClFN3. The summed E-state index contributed by atoms with van der Waals surface area (Å²) in [5.74, 6) is -0.258. The minimum Gasteiger partial charge on any atom is -0.310 e. The number of nitrogens with one attached hydrogen (secondary N) is 1. The molecule has 1 heterocycles. The van der Waals surface area contributed by atoms with E-state index in [-0.39, 0.29) is 11.9 Å². The number of aryl methyl sites for hydroxylation is 2. The van der Waals surface area contributed by atoms with Crippen LogP contribution in [-0.4, -0.2) is 16.3 Å². The molecule has 0 aliphatic heterocycles. The molecule has 3 nitrogen and oxygen atoms in total. The molecule has 21 heavy (non-hydrogen) atoms. The molecule has 1 aromatic carbocycles. The van der Waals surface area contributed by atoms with Crippen molar-refractivity contribution in [3.63, 3.8) is 0 Å². The standard InChI is InChI=1S/C16H21ClFN3/c1-4-15-13(10-21(3)20-15)16(19-5-2)9-11-8-12(18)6-7-14(11)17/h6-8,10,16,19H,4-5,9H2,1-3H3. The summed E-state index contributed by atoms with van der Waals surface area (Å²) in [6, 6.07) is 4.58. The highest BCUT2D eigenvalue weighted by Gasteiger charge is 2.19. The van der Waals surface area contributed by atoms with Gasteiger partial charge < -0.3 is 5.32 Å². The van der Waals surface area contributed by atoms with E-state index in [1.165, 1.54) is 12.1 Å². The fourth-order valence-electron chi connectivity index (χ4n) is 2.58. The van der Waals surface area contributed by atoms with Crippen molar-refractivity contribution in [2.45, 2.75) is 32.7 Å². The third kappa shape index (κ3) is 3.83. The Morgan fingerprint density at radius 2 is 2.14 bits per heavy atom. The van der Waals surface area contributed by atoms with Gasteiger partial charge in [-0.15, -0.1) is 0 Å². The van der Waals surface area contributed by atoms with Gasteiger partial charge >= 0.3 is 0 Å². The Hall–Kier alpha value is -1.39. The Bertz CT molecular complexity index is 610. The number of halogens is 2. The lowest BCUT2D eigenvalue weighted by molar-refractivity contribution is 0.543. The van der Waals surface area contributed by atoms with E-state index in [1.54, 1.807) is 6.07 Å². The van der Waals surface area contributed by atoms with Gasteiger partial charge in [0.1, 0.15) is 5.82 Å². The lowest BCUT2D eigenvalue weighted by atomic mass is 9.98. The van der Waals surface area contributed by atoms with Gasteiger partial charge in [0.2, 0.25) is 0 Å². The first-order chi connectivity index (χ1) is 10.0. The van der Waals surface area contributed by atoms with Crippen molar-refractivity contribution in [3.05, 3.63) is 52.1 Å². The third-order valence-corrected chi connectivity index (χ3v) is 3.90. The van der Waals surface area contributed by atoms with Crippen molar-refractivity contribution >= 4 is 11.6 Å². The van der Waals surface area contributed by atoms with Crippen LogP contribution in [0.5, 0.6) is 0 Å². The largest absolute Gasteiger partial charge is 0.310 e. The van der Waals surface area contributed by atoms with E-state index in [2.05, 4.69) is 24.3 Å². The van der Waals surface area contributed by atoms with Crippen molar-refractivity contribution in [1.82, 2.24) is 15.1 Å². The number of rotatable bonds is 6. The summed E-state index contributed by atoms with van der Waals surface area (Å²) in [5, 5.41) is 8.53. The maximum absolute atomic E-state index is 13.4. The van der Waals surface area contributed by atoms with Gasteiger partial charge in [-0.3, -0.25) is 4.68 Å². The first kappa shape index (κ1) is 16.0. The number of aromatic nitrogens is 2. The summed E-state index contributed by atoms with van der Waals surface area (Å²) in [5.41, 5.74) is 3.03. The van der Waals surface area contributed by atoms with Crippen LogP contribution >= 0.6 is 11.6 Å². The molecule has 0 fully saturated rings. The predicted molar refractivity (Wildman–Crippen MR) is 84.1 cm³/mol. The number of hydrogen-bond donors (Lipinski definition) is 1. The Labute approximate surface area is 130 Å². The number of benzene rings is 1. The van der Waals surface area contributed by atoms with Crippen molar-refractivity contribution in [2.75, 3.05) is 6.54 Å². The van der Waals surface area contributed by atoms with Crippen LogP contribution in [0, 0.1) is 5.82 Å². The second-order valence-corrected chi connectivity index (χ2v) is 5.52. The molecule has 0 radical (unpaired) electrons. The summed E-state index contributed by atoms with van der Waals surface area (Å²) in [6.07, 6.45) is 3.54. The van der Waals surface area contributed by atoms with E-state index in [4.69, 9.17) is 11.6 Å². The van der Waals surface area contributed by atoms with E-state index in [0.717, 1.165) is 29.8 Å². The van der Waals surface area contributed by atoms with Crippen LogP contribution in [0.25, 0.3) is 0 Å². The lowest BCUT2D eigenvalue weighted by Gasteiger charge is -2.18. The zero-order valence-electron chi connectivity index (χ0n) is 12.7. The minimum absolute atomic E-state index is 0.0814. The number of hydrogen-bond acceptors (Lipinski definition) is 2. The zero-order valence-corrected chi connectivity index (χ0v) is 13.4. The van der Waals surface area contributed by atoms with Crippen molar-refractivity contribution < 1.29 is 4.39 Å². The summed E-state index contributed by atoms with van der Waals surface area (Å²) in [4.78, 5) is 0. The maximum Gasteiger partial charge on any atom is 0.123 e. The molecule has 0 saturated heterocycles. The van der Waals surface area contributed by atoms with Gasteiger partial charge in [0.15, 0.2) is 0 Å². The second-order valence-electron chi connectivity index (χ2n) is 5.11. The topological polar surface area (TPSA) is 29.9 Å². The van der Waals surface area contributed by atoms with Crippen LogP contribution in [-0.2, 0) is 19.9 Å². The fourth-order valence-corrected chi connectivity index (χ4v) is 2.77. The van der Waals surface area contributed by atoms with Crippen LogP contribution in [0.1, 0.15) is 36.7 Å². The summed E-state index contributed by atoms with van der Waals surface area (Å²) in [6.45, 7) is 4.97. The molecule has 1 aromatic heterocycles. The van der Waals surface area contributed by atoms with Crippen LogP contribution in [0.3, 0.4) is 0 Å². The van der Waals surface area contributed by atoms with E-state index in [1.807, 2.05) is 17.9 Å². The maximum atomic E-state index is 13.4. The quantitative estimate of drug-likeness (QED) is 0.882. The van der Waals surface area contributed by atoms with Crippen molar-refractivity contribution in [3.8, 4) is 0 Å². The lowest BCUT2D eigenvalue weighted by Crippen LogP contribution is -2.23. The first-order valence-electron chi connectivity index (χ1n) is 7.24. The van der Waals surface area contributed by atoms with Crippen LogP contribution in [0.15, 0.2) is 24.4 Å². The molecule has 2 aromatic rings. The number of nitrogens with zero attached hydrogens (tertiary/aromatic N) is 2. The van der Waals surface area contributed by atoms with Crippen molar-refractivity contribution in [1.29, 1.82) is 0 Å². The van der Waals surface area contributed by atoms with Crippen molar-refractivity contribution in [2.24, 2.45) is 7.05 Å². The Balaban J connectivity index is 2.32. The zero-order chi connectivity index (χ0) is 15.4. The Morgan fingerprint density at radius 1 is 1.38 bits per heavy atom. The molecule has 0 spiro atoms. The average molecular weight is 310 g/mol. The van der Waals surface area contributed by atoms with Gasteiger partial charge in [-0.25, -0.2) is 4.39 Å². The second kappa shape index (κ2) is 7.05. The highest BCUT2D eigenvalue weighted by atomic mass is 35.5. The van der Waals surface area contributed by atoms with E-state index < -0.39 is 0 Å². The molecule has 0 bridgehead atoms. The average Bonchev–Trinajstić information content (AvgIpc) is 2.83. The van der Waals surface area contributed by atoms with Crippen LogP contribution < -0.4 is 5.32 Å². The molecule has 0 saturated carbocycles. The normalized spacial score (nSPS) is 12.6. The predicted octanol–water partition coefficient (Wildman–Crippen LogP) is 3.67. The molecule has 1 atom stereocenters. The van der Waals surface area contributed by atoms with E-state index in [9.17, 15) is 4.39 Å². The first-order valence-corrected chi connectivity index (χ1v) is 7.62. The van der Waals surface area contributed by atoms with Gasteiger partial charge in [0, 0.05) is 29.9 Å². The minimum atomic E-state index is -0.258. The summed E-state index contributed by atoms with van der Waals surface area (Å²) >= 11 is 6.19. The molecule has 5 heteroatoms. The smallest absolute Gasteiger partial charge is 0.123 e. The molecule has 0 aliphatic rings. The van der Waals surface area contributed by atoms with Gasteiger partial charge in [0.05, 0.1) is 5.69 Å². The van der Waals surface area contributed by atoms with Crippen LogP contribution in [0.2, 0.25) is 5.02 Å². The van der Waals surface area contributed by atoms with E-state index in [0.29, 0.717) is 11.4 Å². The monoisotopic (exact) mass is 309 g/mol. The highest BCUT2D eigenvalue weighted by Crippen LogP contribution is 2.26. The Morgan fingerprint density at radius 3 is 2.81 bits per heavy atom. The molecule has 114 valence electrons. The SMILES string of the molecule is CCNC(Cc1cc(F)ccc1Cl)c1cn(C)nc1CC. The molecule has 0 amide bonds. The van der Waals surface area contributed by atoms with Gasteiger partial charge in [0.25, 0.3) is 0 Å². The molecule has 1 N–H and O–H groups in total. The Kier molecular flexibility index (Phi) is 5.37. The van der Waals surface area contributed by atoms with Crippen LogP contribution in [0.4, 0.5) is 4.39 Å². The van der Waals surface area contributed by atoms with Gasteiger partial charge in [-0.05, 0) is 43.1 Å². The van der Waals surface area contributed by atoms with Gasteiger partial charge in [-0.1, -0.05) is 25.4 Å². The number of likely N-dealkylation sites (N-methyl/N-ethyl adjacent to an activating group) is 1. The van der Waals surface area contributed by atoms with Gasteiger partial charge in [-0.2, -0.15) is 5.10 Å². The molecular weight excluding hydrogens is 289 g/mol. The van der Waals surface area contributed by atoms with E-state index >= 15 is 0 Å². The third-order valence-electron chi connectivity index (χ3n) is 3.53. The summed E-state index contributed by atoms with van der Waals surface area (Å²) < 4.78 is 15.3. The molecule has 0 aliphatic carbocycles. The molecule has 1 unspecified atom stereocenters. The summed E-state index contributed by atoms with van der Waals surface area (Å²) in [7, 11) is 1.92. The molecule has 2 rings (SSSR count).